The molecular weight excluding hydrogens is 224 g/mol. The Hall–Kier alpha value is -0.200. The van der Waals surface area contributed by atoms with Crippen LogP contribution in [0.4, 0.5) is 0 Å². The van der Waals surface area contributed by atoms with Crippen LogP contribution in [0.1, 0.15) is 20.3 Å². The lowest BCUT2D eigenvalue weighted by molar-refractivity contribution is -0.0245. The minimum Gasteiger partial charge on any atom is -0.394 e. The first kappa shape index (κ1) is 16.8. The van der Waals surface area contributed by atoms with Crippen molar-refractivity contribution in [1.82, 2.24) is 0 Å². The zero-order valence-corrected chi connectivity index (χ0v) is 10.9. The van der Waals surface area contributed by atoms with Crippen LogP contribution in [0.25, 0.3) is 0 Å². The smallest absolute Gasteiger partial charge is 0.0799 e. The Kier molecular flexibility index (Phi) is 12.1. The number of hydrogen-bond donors (Lipinski definition) is 2. The van der Waals surface area contributed by atoms with Gasteiger partial charge in [0, 0.05) is 0 Å². The largest absolute Gasteiger partial charge is 0.394 e. The first-order chi connectivity index (χ1) is 8.22. The standard InChI is InChI=1S/C12H26O5/c1-3-11(2)12(14)10-17-9-8-16-7-6-15-5-4-13/h11-14H,3-10H2,1-2H3. The van der Waals surface area contributed by atoms with Crippen molar-refractivity contribution in [2.24, 2.45) is 5.92 Å². The number of aliphatic hydroxyl groups is 2. The average Bonchev–Trinajstić information content (AvgIpc) is 2.35. The van der Waals surface area contributed by atoms with Gasteiger partial charge in [-0.1, -0.05) is 20.3 Å². The molecule has 0 fully saturated rings. The average molecular weight is 250 g/mol. The summed E-state index contributed by atoms with van der Waals surface area (Å²) in [5.74, 6) is 0.266. The van der Waals surface area contributed by atoms with Gasteiger partial charge in [0.2, 0.25) is 0 Å². The summed E-state index contributed by atoms with van der Waals surface area (Å²) in [7, 11) is 0. The van der Waals surface area contributed by atoms with Crippen LogP contribution in [0, 0.1) is 5.92 Å². The van der Waals surface area contributed by atoms with E-state index in [-0.39, 0.29) is 12.5 Å². The van der Waals surface area contributed by atoms with E-state index in [1.165, 1.54) is 0 Å². The molecule has 5 heteroatoms. The van der Waals surface area contributed by atoms with Crippen LogP contribution in [0.15, 0.2) is 0 Å². The maximum absolute atomic E-state index is 9.61. The molecule has 0 saturated heterocycles. The number of hydrogen-bond acceptors (Lipinski definition) is 5. The summed E-state index contributed by atoms with van der Waals surface area (Å²) in [6.45, 7) is 6.75. The number of aliphatic hydroxyl groups excluding tert-OH is 2. The van der Waals surface area contributed by atoms with E-state index in [0.29, 0.717) is 39.6 Å². The Bertz CT molecular complexity index is 154. The minimum absolute atomic E-state index is 0.0383. The van der Waals surface area contributed by atoms with E-state index in [1.54, 1.807) is 0 Å². The van der Waals surface area contributed by atoms with Gasteiger partial charge in [0.15, 0.2) is 0 Å². The Morgan fingerprint density at radius 1 is 0.941 bits per heavy atom. The van der Waals surface area contributed by atoms with Crippen molar-refractivity contribution in [1.29, 1.82) is 0 Å². The summed E-state index contributed by atoms with van der Waals surface area (Å²) in [5.41, 5.74) is 0. The van der Waals surface area contributed by atoms with Crippen molar-refractivity contribution in [3.8, 4) is 0 Å². The molecule has 0 radical (unpaired) electrons. The molecule has 0 saturated carbocycles. The predicted molar refractivity (Wildman–Crippen MR) is 65.0 cm³/mol. The van der Waals surface area contributed by atoms with E-state index in [2.05, 4.69) is 0 Å². The van der Waals surface area contributed by atoms with E-state index < -0.39 is 6.10 Å². The van der Waals surface area contributed by atoms with E-state index in [0.717, 1.165) is 6.42 Å². The Morgan fingerprint density at radius 3 is 2.00 bits per heavy atom. The quantitative estimate of drug-likeness (QED) is 0.492. The van der Waals surface area contributed by atoms with E-state index in [1.807, 2.05) is 13.8 Å². The molecule has 0 spiro atoms. The van der Waals surface area contributed by atoms with Gasteiger partial charge in [-0.2, -0.15) is 0 Å². The molecule has 2 unspecified atom stereocenters. The van der Waals surface area contributed by atoms with Crippen LogP contribution < -0.4 is 0 Å². The molecule has 104 valence electrons. The molecule has 0 bridgehead atoms. The molecule has 2 N–H and O–H groups in total. The number of rotatable bonds is 12. The monoisotopic (exact) mass is 250 g/mol. The lowest BCUT2D eigenvalue weighted by Gasteiger charge is -2.16. The molecule has 0 aliphatic rings. The number of ether oxygens (including phenoxy) is 3. The fourth-order valence-corrected chi connectivity index (χ4v) is 1.14. The molecule has 0 aromatic heterocycles. The topological polar surface area (TPSA) is 68.2 Å². The highest BCUT2D eigenvalue weighted by Crippen LogP contribution is 2.07. The molecule has 5 nitrogen and oxygen atoms in total. The van der Waals surface area contributed by atoms with Gasteiger partial charge in [-0.25, -0.2) is 0 Å². The SMILES string of the molecule is CCC(C)C(O)COCCOCCOCCO. The summed E-state index contributed by atoms with van der Waals surface area (Å²) in [6.07, 6.45) is 0.552. The van der Waals surface area contributed by atoms with Crippen molar-refractivity contribution in [3.05, 3.63) is 0 Å². The molecule has 0 aromatic carbocycles. The van der Waals surface area contributed by atoms with E-state index in [4.69, 9.17) is 19.3 Å². The zero-order valence-electron chi connectivity index (χ0n) is 10.9. The zero-order chi connectivity index (χ0) is 12.9. The van der Waals surface area contributed by atoms with Crippen molar-refractivity contribution in [2.45, 2.75) is 26.4 Å². The fourth-order valence-electron chi connectivity index (χ4n) is 1.14. The maximum Gasteiger partial charge on any atom is 0.0799 e. The van der Waals surface area contributed by atoms with Crippen molar-refractivity contribution in [2.75, 3.05) is 46.2 Å². The first-order valence-corrected chi connectivity index (χ1v) is 6.24. The maximum atomic E-state index is 9.61. The second-order valence-corrected chi connectivity index (χ2v) is 3.98. The van der Waals surface area contributed by atoms with Crippen LogP contribution >= 0.6 is 0 Å². The van der Waals surface area contributed by atoms with Gasteiger partial charge < -0.3 is 24.4 Å². The summed E-state index contributed by atoms with van der Waals surface area (Å²) < 4.78 is 15.5. The highest BCUT2D eigenvalue weighted by atomic mass is 16.5. The third-order valence-electron chi connectivity index (χ3n) is 2.57. The molecule has 0 rings (SSSR count). The van der Waals surface area contributed by atoms with Crippen LogP contribution in [0.3, 0.4) is 0 Å². The molecule has 2 atom stereocenters. The molecule has 0 amide bonds. The normalized spacial score (nSPS) is 14.8. The van der Waals surface area contributed by atoms with Gasteiger partial charge in [-0.05, 0) is 5.92 Å². The lowest BCUT2D eigenvalue weighted by Crippen LogP contribution is -2.24. The highest BCUT2D eigenvalue weighted by molar-refractivity contribution is 4.61. The molecule has 0 aromatic rings. The summed E-state index contributed by atoms with van der Waals surface area (Å²) in [5, 5.41) is 18.1. The highest BCUT2D eigenvalue weighted by Gasteiger charge is 2.11. The summed E-state index contributed by atoms with van der Waals surface area (Å²) in [4.78, 5) is 0. The molecular formula is C12H26O5. The molecule has 0 aliphatic carbocycles. The fraction of sp³-hybridized carbons (Fsp3) is 1.00. The second kappa shape index (κ2) is 12.3. The predicted octanol–water partition coefficient (Wildman–Crippen LogP) is 0.435. The van der Waals surface area contributed by atoms with Gasteiger partial charge >= 0.3 is 0 Å². The Morgan fingerprint density at radius 2 is 1.47 bits per heavy atom. The molecule has 0 heterocycles. The van der Waals surface area contributed by atoms with Crippen LogP contribution in [-0.2, 0) is 14.2 Å². The summed E-state index contributed by atoms with van der Waals surface area (Å²) >= 11 is 0. The van der Waals surface area contributed by atoms with Gasteiger partial charge in [-0.15, -0.1) is 0 Å². The van der Waals surface area contributed by atoms with Gasteiger partial charge in [0.25, 0.3) is 0 Å². The van der Waals surface area contributed by atoms with Crippen molar-refractivity contribution in [3.63, 3.8) is 0 Å². The van der Waals surface area contributed by atoms with Crippen LogP contribution in [0.2, 0.25) is 0 Å². The van der Waals surface area contributed by atoms with Crippen molar-refractivity contribution >= 4 is 0 Å². The summed E-state index contributed by atoms with van der Waals surface area (Å²) in [6, 6.07) is 0. The first-order valence-electron chi connectivity index (χ1n) is 6.24. The van der Waals surface area contributed by atoms with E-state index >= 15 is 0 Å². The Labute approximate surface area is 104 Å². The third kappa shape index (κ3) is 10.7. The van der Waals surface area contributed by atoms with Gasteiger partial charge in [-0.3, -0.25) is 0 Å². The van der Waals surface area contributed by atoms with Crippen LogP contribution in [0.5, 0.6) is 0 Å². The molecule has 17 heavy (non-hydrogen) atoms. The molecule has 0 aliphatic heterocycles. The lowest BCUT2D eigenvalue weighted by atomic mass is 10.0. The second-order valence-electron chi connectivity index (χ2n) is 3.98. The minimum atomic E-state index is -0.395. The van der Waals surface area contributed by atoms with Gasteiger partial charge in [0.05, 0.1) is 52.4 Å². The van der Waals surface area contributed by atoms with Crippen molar-refractivity contribution < 1.29 is 24.4 Å². The van der Waals surface area contributed by atoms with Gasteiger partial charge in [0.1, 0.15) is 0 Å². The third-order valence-corrected chi connectivity index (χ3v) is 2.57. The van der Waals surface area contributed by atoms with Crippen LogP contribution in [-0.4, -0.2) is 62.6 Å². The van der Waals surface area contributed by atoms with E-state index in [9.17, 15) is 5.11 Å². The Balaban J connectivity index is 3.13.